The number of aromatic amines is 2. The summed E-state index contributed by atoms with van der Waals surface area (Å²) < 4.78 is 26.8. The first-order valence-corrected chi connectivity index (χ1v) is 7.04. The fraction of sp³-hybridized carbons (Fsp3) is 0.400. The lowest BCUT2D eigenvalue weighted by Crippen LogP contribution is -2.29. The number of nitrogens with zero attached hydrogens (tertiary/aromatic N) is 2. The predicted octanol–water partition coefficient (Wildman–Crippen LogP) is 0.871. The van der Waals surface area contributed by atoms with Gasteiger partial charge < -0.3 is 9.97 Å². The molecule has 7 nitrogen and oxygen atoms in total. The van der Waals surface area contributed by atoms with Crippen LogP contribution in [0, 0.1) is 6.92 Å². The molecule has 0 amide bonds. The molecule has 3 N–H and O–H groups in total. The Labute approximate surface area is 105 Å². The number of nitrogens with one attached hydrogen (secondary N) is 3. The standard InChI is InChI=1S/C10H15N5O2S/c1-3-8(10-11-4-5-12-10)15-18(16,17)9-6-13-7(2)14-9/h4-6,8,15H,3H2,1-2H3,(H,11,12)(H,13,14). The van der Waals surface area contributed by atoms with E-state index in [1.54, 1.807) is 19.3 Å². The van der Waals surface area contributed by atoms with Crippen LogP contribution in [-0.4, -0.2) is 28.4 Å². The molecule has 0 aromatic carbocycles. The van der Waals surface area contributed by atoms with Crippen molar-refractivity contribution in [3.8, 4) is 0 Å². The Balaban J connectivity index is 2.22. The number of H-pyrrole nitrogens is 2. The van der Waals surface area contributed by atoms with Crippen molar-refractivity contribution < 1.29 is 8.42 Å². The van der Waals surface area contributed by atoms with E-state index >= 15 is 0 Å². The Bertz CT molecular complexity index is 602. The zero-order chi connectivity index (χ0) is 13.2. The zero-order valence-corrected chi connectivity index (χ0v) is 11.0. The van der Waals surface area contributed by atoms with E-state index in [9.17, 15) is 8.42 Å². The summed E-state index contributed by atoms with van der Waals surface area (Å²) in [5, 5.41) is 0.0602. The minimum atomic E-state index is -3.60. The lowest BCUT2D eigenvalue weighted by Gasteiger charge is -2.13. The molecule has 0 spiro atoms. The average Bonchev–Trinajstić information content (AvgIpc) is 2.96. The zero-order valence-electron chi connectivity index (χ0n) is 10.1. The maximum Gasteiger partial charge on any atom is 0.258 e. The molecule has 0 aliphatic rings. The van der Waals surface area contributed by atoms with Gasteiger partial charge in [-0.1, -0.05) is 6.92 Å². The molecule has 0 aliphatic carbocycles. The number of aryl methyl sites for hydroxylation is 1. The summed E-state index contributed by atoms with van der Waals surface area (Å²) >= 11 is 0. The number of sulfonamides is 1. The number of aromatic nitrogens is 4. The van der Waals surface area contributed by atoms with Gasteiger partial charge in [-0.25, -0.2) is 18.4 Å². The number of rotatable bonds is 5. The predicted molar refractivity (Wildman–Crippen MR) is 65.3 cm³/mol. The molecule has 1 atom stereocenters. The van der Waals surface area contributed by atoms with E-state index in [1.807, 2.05) is 6.92 Å². The van der Waals surface area contributed by atoms with Crippen molar-refractivity contribution >= 4 is 10.0 Å². The Kier molecular flexibility index (Phi) is 3.48. The van der Waals surface area contributed by atoms with Crippen molar-refractivity contribution in [3.63, 3.8) is 0 Å². The van der Waals surface area contributed by atoms with Gasteiger partial charge in [-0.3, -0.25) is 0 Å². The van der Waals surface area contributed by atoms with E-state index in [0.717, 1.165) is 0 Å². The summed E-state index contributed by atoms with van der Waals surface area (Å²) in [5.74, 6) is 1.15. The lowest BCUT2D eigenvalue weighted by atomic mass is 10.2. The molecule has 0 saturated carbocycles. The maximum absolute atomic E-state index is 12.1. The van der Waals surface area contributed by atoms with E-state index < -0.39 is 10.0 Å². The van der Waals surface area contributed by atoms with Crippen LogP contribution in [0.25, 0.3) is 0 Å². The van der Waals surface area contributed by atoms with Crippen molar-refractivity contribution in [1.82, 2.24) is 24.7 Å². The highest BCUT2D eigenvalue weighted by atomic mass is 32.2. The molecule has 18 heavy (non-hydrogen) atoms. The smallest absolute Gasteiger partial charge is 0.258 e. The fourth-order valence-electron chi connectivity index (χ4n) is 1.59. The summed E-state index contributed by atoms with van der Waals surface area (Å²) in [5.41, 5.74) is 0. The Morgan fingerprint density at radius 3 is 2.72 bits per heavy atom. The van der Waals surface area contributed by atoms with Gasteiger partial charge in [0.15, 0.2) is 5.03 Å². The second kappa shape index (κ2) is 4.91. The summed E-state index contributed by atoms with van der Waals surface area (Å²) in [6.07, 6.45) is 5.14. The van der Waals surface area contributed by atoms with Crippen LogP contribution >= 0.6 is 0 Å². The summed E-state index contributed by atoms with van der Waals surface area (Å²) in [7, 11) is -3.60. The summed E-state index contributed by atoms with van der Waals surface area (Å²) in [6.45, 7) is 3.58. The SMILES string of the molecule is CCC(NS(=O)(=O)c1cnc(C)[nH]1)c1ncc[nH]1. The quantitative estimate of drug-likeness (QED) is 0.749. The van der Waals surface area contributed by atoms with Crippen LogP contribution in [0.2, 0.25) is 0 Å². The molecule has 8 heteroatoms. The molecule has 0 bridgehead atoms. The van der Waals surface area contributed by atoms with E-state index in [1.165, 1.54) is 6.20 Å². The first kappa shape index (κ1) is 12.8. The van der Waals surface area contributed by atoms with Crippen LogP contribution < -0.4 is 4.72 Å². The number of imidazole rings is 2. The molecule has 0 saturated heterocycles. The van der Waals surface area contributed by atoms with Crippen molar-refractivity contribution in [1.29, 1.82) is 0 Å². The summed E-state index contributed by atoms with van der Waals surface area (Å²) in [6, 6.07) is -0.381. The average molecular weight is 269 g/mol. The van der Waals surface area contributed by atoms with E-state index in [0.29, 0.717) is 18.1 Å². The molecule has 2 aromatic rings. The highest BCUT2D eigenvalue weighted by Crippen LogP contribution is 2.15. The van der Waals surface area contributed by atoms with Gasteiger partial charge in [-0.2, -0.15) is 4.72 Å². The molecule has 1 unspecified atom stereocenters. The van der Waals surface area contributed by atoms with Crippen LogP contribution in [0.15, 0.2) is 23.6 Å². The molecular weight excluding hydrogens is 254 g/mol. The fourth-order valence-corrected chi connectivity index (χ4v) is 2.84. The third-order valence-corrected chi connectivity index (χ3v) is 3.91. The topological polar surface area (TPSA) is 104 Å². The molecule has 2 rings (SSSR count). The van der Waals surface area contributed by atoms with Crippen molar-refractivity contribution in [3.05, 3.63) is 30.2 Å². The van der Waals surface area contributed by atoms with Gasteiger partial charge in [-0.05, 0) is 13.3 Å². The second-order valence-corrected chi connectivity index (χ2v) is 5.57. The normalized spacial score (nSPS) is 13.7. The molecule has 0 radical (unpaired) electrons. The van der Waals surface area contributed by atoms with E-state index in [4.69, 9.17) is 0 Å². The number of hydrogen-bond donors (Lipinski definition) is 3. The minimum absolute atomic E-state index is 0.0602. The van der Waals surface area contributed by atoms with Gasteiger partial charge in [0, 0.05) is 12.4 Å². The molecular formula is C10H15N5O2S. The van der Waals surface area contributed by atoms with Crippen LogP contribution in [-0.2, 0) is 10.0 Å². The lowest BCUT2D eigenvalue weighted by molar-refractivity contribution is 0.537. The third-order valence-electron chi connectivity index (χ3n) is 2.52. The molecule has 2 heterocycles. The van der Waals surface area contributed by atoms with Crippen LogP contribution in [0.1, 0.15) is 31.0 Å². The Hall–Kier alpha value is -1.67. The van der Waals surface area contributed by atoms with Crippen molar-refractivity contribution in [2.45, 2.75) is 31.3 Å². The van der Waals surface area contributed by atoms with Crippen LogP contribution in [0.3, 0.4) is 0 Å². The Morgan fingerprint density at radius 1 is 1.44 bits per heavy atom. The highest BCUT2D eigenvalue weighted by Gasteiger charge is 2.23. The second-order valence-electron chi connectivity index (χ2n) is 3.89. The third kappa shape index (κ3) is 2.59. The van der Waals surface area contributed by atoms with Gasteiger partial charge in [0.05, 0.1) is 12.2 Å². The molecule has 2 aromatic heterocycles. The highest BCUT2D eigenvalue weighted by molar-refractivity contribution is 7.89. The van der Waals surface area contributed by atoms with Gasteiger partial charge >= 0.3 is 0 Å². The summed E-state index contributed by atoms with van der Waals surface area (Å²) in [4.78, 5) is 13.5. The largest absolute Gasteiger partial charge is 0.347 e. The van der Waals surface area contributed by atoms with E-state index in [2.05, 4.69) is 24.7 Å². The van der Waals surface area contributed by atoms with Crippen LogP contribution in [0.4, 0.5) is 0 Å². The first-order valence-electron chi connectivity index (χ1n) is 5.56. The van der Waals surface area contributed by atoms with Gasteiger partial charge in [0.1, 0.15) is 11.6 Å². The Morgan fingerprint density at radius 2 is 2.22 bits per heavy atom. The first-order chi connectivity index (χ1) is 8.53. The van der Waals surface area contributed by atoms with Gasteiger partial charge in [-0.15, -0.1) is 0 Å². The molecule has 0 fully saturated rings. The number of hydrogen-bond acceptors (Lipinski definition) is 4. The van der Waals surface area contributed by atoms with Crippen molar-refractivity contribution in [2.24, 2.45) is 0 Å². The molecule has 0 aliphatic heterocycles. The molecule has 98 valence electrons. The monoisotopic (exact) mass is 269 g/mol. The van der Waals surface area contributed by atoms with Crippen LogP contribution in [0.5, 0.6) is 0 Å². The van der Waals surface area contributed by atoms with Gasteiger partial charge in [0.25, 0.3) is 10.0 Å². The van der Waals surface area contributed by atoms with Gasteiger partial charge in [0.2, 0.25) is 0 Å². The minimum Gasteiger partial charge on any atom is -0.347 e. The van der Waals surface area contributed by atoms with Crippen molar-refractivity contribution in [2.75, 3.05) is 0 Å². The van der Waals surface area contributed by atoms with E-state index in [-0.39, 0.29) is 11.1 Å². The maximum atomic E-state index is 12.1.